The molecule has 3 saturated heterocycles. The van der Waals surface area contributed by atoms with E-state index in [0.29, 0.717) is 12.5 Å². The van der Waals surface area contributed by atoms with E-state index in [1.54, 1.807) is 0 Å². The van der Waals surface area contributed by atoms with Crippen LogP contribution in [0.1, 0.15) is 32.6 Å². The first-order chi connectivity index (χ1) is 9.58. The lowest BCUT2D eigenvalue weighted by atomic mass is 9.89. The number of carbonyl (C=O) groups is 2. The topological polar surface area (TPSA) is 43.9 Å². The molecule has 3 heterocycles. The van der Waals surface area contributed by atoms with Crippen molar-refractivity contribution in [2.24, 2.45) is 5.92 Å². The molecule has 3 unspecified atom stereocenters. The number of hydrogen-bond donors (Lipinski definition) is 0. The first kappa shape index (κ1) is 13.9. The summed E-state index contributed by atoms with van der Waals surface area (Å²) in [4.78, 5) is 31.1. The van der Waals surface area contributed by atoms with Crippen LogP contribution in [0, 0.1) is 5.92 Å². The molecule has 3 rings (SSSR count). The molecule has 3 atom stereocenters. The Morgan fingerprint density at radius 3 is 2.60 bits per heavy atom. The molecular weight excluding hydrogens is 254 g/mol. The highest BCUT2D eigenvalue weighted by molar-refractivity contribution is 5.95. The van der Waals surface area contributed by atoms with Crippen LogP contribution in [0.3, 0.4) is 0 Å². The highest BCUT2D eigenvalue weighted by atomic mass is 16.2. The number of likely N-dealkylation sites (tertiary alicyclic amines) is 1. The summed E-state index contributed by atoms with van der Waals surface area (Å²) in [5.74, 6) is 0.798. The second-order valence-corrected chi connectivity index (χ2v) is 6.66. The molecule has 0 aromatic rings. The summed E-state index contributed by atoms with van der Waals surface area (Å²) in [6, 6.07) is 0.0728. The third-order valence-corrected chi connectivity index (χ3v) is 5.16. The molecule has 0 aromatic carbocycles. The maximum Gasteiger partial charge on any atom is 0.246 e. The molecule has 0 spiro atoms. The van der Waals surface area contributed by atoms with E-state index in [2.05, 4.69) is 18.9 Å². The number of carbonyl (C=O) groups excluding carboxylic acids is 2. The number of nitrogens with zero attached hydrogens (tertiary/aromatic N) is 3. The van der Waals surface area contributed by atoms with Gasteiger partial charge in [-0.15, -0.1) is 0 Å². The van der Waals surface area contributed by atoms with E-state index in [-0.39, 0.29) is 23.9 Å². The quantitative estimate of drug-likeness (QED) is 0.704. The van der Waals surface area contributed by atoms with Crippen LogP contribution in [0.15, 0.2) is 0 Å². The van der Waals surface area contributed by atoms with Crippen LogP contribution in [0.4, 0.5) is 0 Å². The molecule has 5 nitrogen and oxygen atoms in total. The van der Waals surface area contributed by atoms with Crippen molar-refractivity contribution in [1.29, 1.82) is 0 Å². The van der Waals surface area contributed by atoms with Gasteiger partial charge >= 0.3 is 0 Å². The van der Waals surface area contributed by atoms with Crippen molar-refractivity contribution in [1.82, 2.24) is 14.7 Å². The Labute approximate surface area is 120 Å². The monoisotopic (exact) mass is 279 g/mol. The van der Waals surface area contributed by atoms with Gasteiger partial charge in [-0.05, 0) is 45.2 Å². The van der Waals surface area contributed by atoms with Crippen LogP contribution in [0.5, 0.6) is 0 Å². The number of hydrogen-bond acceptors (Lipinski definition) is 3. The number of piperazine rings is 1. The summed E-state index contributed by atoms with van der Waals surface area (Å²) in [5, 5.41) is 0. The summed E-state index contributed by atoms with van der Waals surface area (Å²) in [7, 11) is 2.12. The lowest BCUT2D eigenvalue weighted by Gasteiger charge is -2.48. The van der Waals surface area contributed by atoms with Crippen LogP contribution >= 0.6 is 0 Å². The fourth-order valence-electron chi connectivity index (χ4n) is 4.08. The number of rotatable bonds is 1. The summed E-state index contributed by atoms with van der Waals surface area (Å²) in [6.07, 6.45) is 3.95. The van der Waals surface area contributed by atoms with E-state index in [1.807, 2.05) is 9.80 Å². The summed E-state index contributed by atoms with van der Waals surface area (Å²) >= 11 is 0. The molecule has 112 valence electrons. The molecular formula is C15H25N3O2. The van der Waals surface area contributed by atoms with E-state index in [4.69, 9.17) is 0 Å². The zero-order chi connectivity index (χ0) is 14.3. The molecule has 0 N–H and O–H groups in total. The molecule has 0 aromatic heterocycles. The third-order valence-electron chi connectivity index (χ3n) is 5.16. The summed E-state index contributed by atoms with van der Waals surface area (Å²) in [5.41, 5.74) is 0. The zero-order valence-electron chi connectivity index (χ0n) is 12.5. The normalized spacial score (nSPS) is 36.2. The molecule has 3 aliphatic heterocycles. The molecule has 3 aliphatic rings. The highest BCUT2D eigenvalue weighted by Gasteiger charge is 2.44. The van der Waals surface area contributed by atoms with Gasteiger partial charge in [0.05, 0.1) is 0 Å². The molecule has 20 heavy (non-hydrogen) atoms. The van der Waals surface area contributed by atoms with Crippen LogP contribution in [-0.4, -0.2) is 71.8 Å². The van der Waals surface area contributed by atoms with Crippen LogP contribution in [-0.2, 0) is 9.59 Å². The van der Waals surface area contributed by atoms with Crippen LogP contribution in [0.25, 0.3) is 0 Å². The molecule has 0 radical (unpaired) electrons. The fraction of sp³-hybridized carbons (Fsp3) is 0.867. The van der Waals surface area contributed by atoms with Gasteiger partial charge in [0.2, 0.25) is 11.8 Å². The second kappa shape index (κ2) is 5.35. The van der Waals surface area contributed by atoms with E-state index in [9.17, 15) is 9.59 Å². The van der Waals surface area contributed by atoms with Gasteiger partial charge < -0.3 is 14.7 Å². The molecule has 0 aliphatic carbocycles. The average molecular weight is 279 g/mol. The van der Waals surface area contributed by atoms with Crippen LogP contribution < -0.4 is 0 Å². The third kappa shape index (κ3) is 2.32. The van der Waals surface area contributed by atoms with Gasteiger partial charge in [0.15, 0.2) is 0 Å². The lowest BCUT2D eigenvalue weighted by molar-refractivity contribution is -0.162. The Kier molecular flexibility index (Phi) is 3.71. The van der Waals surface area contributed by atoms with Crippen molar-refractivity contribution < 1.29 is 9.59 Å². The van der Waals surface area contributed by atoms with E-state index in [0.717, 1.165) is 45.3 Å². The van der Waals surface area contributed by atoms with Gasteiger partial charge in [0, 0.05) is 19.1 Å². The van der Waals surface area contributed by atoms with Gasteiger partial charge in [-0.2, -0.15) is 0 Å². The summed E-state index contributed by atoms with van der Waals surface area (Å²) < 4.78 is 0. The van der Waals surface area contributed by atoms with Gasteiger partial charge in [-0.1, -0.05) is 6.92 Å². The Balaban J connectivity index is 1.76. The standard InChI is InChI=1S/C15H25N3O2/c1-11-9-16(2)8-6-12(11)18-10-14(19)17-7-4-3-5-13(17)15(18)20/h11-13H,3-10H2,1-2H3. The molecule has 3 fully saturated rings. The Hall–Kier alpha value is -1.10. The Morgan fingerprint density at radius 2 is 1.85 bits per heavy atom. The molecule has 0 saturated carbocycles. The van der Waals surface area contributed by atoms with Crippen molar-refractivity contribution in [2.75, 3.05) is 33.2 Å². The highest BCUT2D eigenvalue weighted by Crippen LogP contribution is 2.28. The van der Waals surface area contributed by atoms with Gasteiger partial charge in [0.25, 0.3) is 0 Å². The van der Waals surface area contributed by atoms with Gasteiger partial charge in [-0.3, -0.25) is 9.59 Å². The lowest BCUT2D eigenvalue weighted by Crippen LogP contribution is -2.65. The maximum absolute atomic E-state index is 12.8. The number of piperidine rings is 2. The molecule has 0 bridgehead atoms. The Morgan fingerprint density at radius 1 is 1.05 bits per heavy atom. The van der Waals surface area contributed by atoms with E-state index in [1.165, 1.54) is 0 Å². The minimum absolute atomic E-state index is 0.153. The van der Waals surface area contributed by atoms with Gasteiger partial charge in [-0.25, -0.2) is 0 Å². The fourth-order valence-corrected chi connectivity index (χ4v) is 4.08. The van der Waals surface area contributed by atoms with Crippen molar-refractivity contribution in [3.63, 3.8) is 0 Å². The van der Waals surface area contributed by atoms with Crippen molar-refractivity contribution in [3.8, 4) is 0 Å². The SMILES string of the molecule is CC1CN(C)CCC1N1CC(=O)N2CCCCC2C1=O. The zero-order valence-corrected chi connectivity index (χ0v) is 12.5. The van der Waals surface area contributed by atoms with Crippen molar-refractivity contribution >= 4 is 11.8 Å². The second-order valence-electron chi connectivity index (χ2n) is 6.66. The van der Waals surface area contributed by atoms with Gasteiger partial charge in [0.1, 0.15) is 12.6 Å². The average Bonchev–Trinajstić information content (AvgIpc) is 2.43. The predicted octanol–water partition coefficient (Wildman–Crippen LogP) is 0.550. The smallest absolute Gasteiger partial charge is 0.246 e. The largest absolute Gasteiger partial charge is 0.329 e. The minimum atomic E-state index is -0.170. The van der Waals surface area contributed by atoms with E-state index >= 15 is 0 Å². The Bertz CT molecular complexity index is 412. The number of fused-ring (bicyclic) bond motifs is 1. The summed E-state index contributed by atoms with van der Waals surface area (Å²) in [6.45, 7) is 5.30. The minimum Gasteiger partial charge on any atom is -0.329 e. The van der Waals surface area contributed by atoms with E-state index < -0.39 is 0 Å². The van der Waals surface area contributed by atoms with Crippen molar-refractivity contribution in [2.45, 2.75) is 44.7 Å². The first-order valence-corrected chi connectivity index (χ1v) is 7.86. The van der Waals surface area contributed by atoms with Crippen molar-refractivity contribution in [3.05, 3.63) is 0 Å². The molecule has 5 heteroatoms. The maximum atomic E-state index is 12.8. The van der Waals surface area contributed by atoms with Crippen LogP contribution in [0.2, 0.25) is 0 Å². The first-order valence-electron chi connectivity index (χ1n) is 7.86. The number of amides is 2. The predicted molar refractivity (Wildman–Crippen MR) is 76.1 cm³/mol. The molecule has 2 amide bonds.